The molecule has 0 fully saturated rings. The smallest absolute Gasteiger partial charge is 0.326 e. The normalized spacial score (nSPS) is 12.6. The lowest BCUT2D eigenvalue weighted by Crippen LogP contribution is -2.54. The van der Waals surface area contributed by atoms with Crippen LogP contribution in [0.5, 0.6) is 0 Å². The zero-order valence-electron chi connectivity index (χ0n) is 19.6. The van der Waals surface area contributed by atoms with Crippen LogP contribution < -0.4 is 50.8 Å². The maximum Gasteiger partial charge on any atom is 0.326 e. The number of carbonyl (C=O) groups excluding carboxylic acids is 2. The molecule has 0 saturated heterocycles. The third kappa shape index (κ3) is 17.6. The van der Waals surface area contributed by atoms with Gasteiger partial charge in [-0.1, -0.05) is 0 Å². The zero-order chi connectivity index (χ0) is 26.1. The van der Waals surface area contributed by atoms with Gasteiger partial charge in [0.25, 0.3) is 0 Å². The molecule has 0 aromatic carbocycles. The lowest BCUT2D eigenvalue weighted by molar-refractivity contribution is -0.142. The van der Waals surface area contributed by atoms with Crippen molar-refractivity contribution in [3.05, 3.63) is 0 Å². The van der Waals surface area contributed by atoms with Gasteiger partial charge in [0.05, 0.1) is 6.04 Å². The van der Waals surface area contributed by atoms with Crippen LogP contribution in [0.1, 0.15) is 38.5 Å². The van der Waals surface area contributed by atoms with Crippen LogP contribution in [0.2, 0.25) is 0 Å². The Bertz CT molecular complexity index is 750. The van der Waals surface area contributed by atoms with Crippen molar-refractivity contribution in [2.75, 3.05) is 19.6 Å². The number of rotatable bonds is 17. The van der Waals surface area contributed by atoms with Gasteiger partial charge < -0.3 is 55.9 Å². The molecule has 16 nitrogen and oxygen atoms in total. The molecule has 0 aliphatic carbocycles. The molecule has 0 aromatic heterocycles. The predicted octanol–water partition coefficient (Wildman–Crippen LogP) is -4.05. The highest BCUT2D eigenvalue weighted by atomic mass is 35.5. The summed E-state index contributed by atoms with van der Waals surface area (Å²) < 4.78 is 0. The third-order valence-corrected chi connectivity index (χ3v) is 4.44. The van der Waals surface area contributed by atoms with Crippen LogP contribution in [0.15, 0.2) is 15.0 Å². The second kappa shape index (κ2) is 18.8. The first-order chi connectivity index (χ1) is 15.9. The van der Waals surface area contributed by atoms with E-state index in [0.717, 1.165) is 0 Å². The van der Waals surface area contributed by atoms with E-state index in [4.69, 9.17) is 40.1 Å². The number of carboxylic acid groups (broad SMARTS) is 1. The average Bonchev–Trinajstić information content (AvgIpc) is 2.74. The molecule has 35 heavy (non-hydrogen) atoms. The summed E-state index contributed by atoms with van der Waals surface area (Å²) >= 11 is 0. The lowest BCUT2D eigenvalue weighted by Gasteiger charge is -2.23. The van der Waals surface area contributed by atoms with Crippen molar-refractivity contribution in [1.29, 1.82) is 0 Å². The first-order valence-electron chi connectivity index (χ1n) is 10.7. The number of aliphatic imine (C=N–C) groups is 3. The minimum absolute atomic E-state index is 0. The summed E-state index contributed by atoms with van der Waals surface area (Å²) in [5, 5.41) is 14.4. The van der Waals surface area contributed by atoms with E-state index in [1.165, 1.54) is 0 Å². The Balaban J connectivity index is 0. The number of amides is 2. The molecule has 0 bridgehead atoms. The van der Waals surface area contributed by atoms with Gasteiger partial charge in [0, 0.05) is 19.6 Å². The monoisotopic (exact) mass is 522 g/mol. The number of nitrogens with two attached hydrogens (primary N) is 7. The molecular formula is C18H39ClN12O4. The van der Waals surface area contributed by atoms with E-state index in [0.29, 0.717) is 25.8 Å². The van der Waals surface area contributed by atoms with Gasteiger partial charge in [-0.3, -0.25) is 24.6 Å². The second-order valence-electron chi connectivity index (χ2n) is 7.41. The van der Waals surface area contributed by atoms with Crippen molar-refractivity contribution in [3.8, 4) is 0 Å². The summed E-state index contributed by atoms with van der Waals surface area (Å²) in [6.07, 6.45) is 1.61. The maximum absolute atomic E-state index is 12.8. The lowest BCUT2D eigenvalue weighted by atomic mass is 10.1. The molecule has 17 heteroatoms. The predicted molar refractivity (Wildman–Crippen MR) is 136 cm³/mol. The van der Waals surface area contributed by atoms with Gasteiger partial charge in [0.1, 0.15) is 12.1 Å². The fraction of sp³-hybridized carbons (Fsp3) is 0.667. The van der Waals surface area contributed by atoms with Crippen molar-refractivity contribution in [1.82, 2.24) is 10.6 Å². The summed E-state index contributed by atoms with van der Waals surface area (Å²) in [4.78, 5) is 48.3. The number of nitrogens with zero attached hydrogens (tertiary/aromatic N) is 3. The minimum atomic E-state index is -1.24. The Hall–Kier alpha value is -3.53. The summed E-state index contributed by atoms with van der Waals surface area (Å²) in [6.45, 7) is 0.717. The third-order valence-electron chi connectivity index (χ3n) is 4.44. The van der Waals surface area contributed by atoms with Gasteiger partial charge in [-0.2, -0.15) is 0 Å². The molecule has 17 N–H and O–H groups in total. The van der Waals surface area contributed by atoms with Gasteiger partial charge in [0.15, 0.2) is 17.9 Å². The van der Waals surface area contributed by atoms with Crippen molar-refractivity contribution >= 4 is 48.1 Å². The molecule has 202 valence electrons. The first kappa shape index (κ1) is 33.6. The molecular weight excluding hydrogens is 484 g/mol. The molecule has 0 aliphatic heterocycles. The zero-order valence-corrected chi connectivity index (χ0v) is 20.4. The molecule has 0 heterocycles. The number of carbonyl (C=O) groups is 3. The number of hydrogen-bond acceptors (Lipinski definition) is 7. The summed E-state index contributed by atoms with van der Waals surface area (Å²) in [5.74, 6) is -2.79. The van der Waals surface area contributed by atoms with Crippen LogP contribution in [0, 0.1) is 0 Å². The number of halogens is 1. The Morgan fingerprint density at radius 2 is 1.03 bits per heavy atom. The molecule has 3 atom stereocenters. The quantitative estimate of drug-likeness (QED) is 0.0497. The fourth-order valence-electron chi connectivity index (χ4n) is 2.73. The number of guanidine groups is 3. The molecule has 0 radical (unpaired) electrons. The Morgan fingerprint density at radius 3 is 1.43 bits per heavy atom. The van der Waals surface area contributed by atoms with Gasteiger partial charge in [-0.25, -0.2) is 4.79 Å². The maximum atomic E-state index is 12.8. The van der Waals surface area contributed by atoms with Crippen molar-refractivity contribution in [2.45, 2.75) is 56.7 Å². The van der Waals surface area contributed by atoms with Crippen molar-refractivity contribution in [3.63, 3.8) is 0 Å². The van der Waals surface area contributed by atoms with E-state index in [2.05, 4.69) is 25.6 Å². The molecule has 0 aliphatic rings. The summed E-state index contributed by atoms with van der Waals surface area (Å²) in [7, 11) is 0. The molecule has 2 amide bonds. The van der Waals surface area contributed by atoms with Gasteiger partial charge in [-0.05, 0) is 38.5 Å². The van der Waals surface area contributed by atoms with Crippen LogP contribution in [0.3, 0.4) is 0 Å². The Labute approximate surface area is 210 Å². The van der Waals surface area contributed by atoms with Crippen LogP contribution >= 0.6 is 12.4 Å². The van der Waals surface area contributed by atoms with E-state index >= 15 is 0 Å². The molecule has 0 aromatic rings. The fourth-order valence-corrected chi connectivity index (χ4v) is 2.73. The van der Waals surface area contributed by atoms with Crippen LogP contribution in [0.25, 0.3) is 0 Å². The van der Waals surface area contributed by atoms with Crippen LogP contribution in [-0.4, -0.2) is 78.5 Å². The molecule has 0 spiro atoms. The molecule has 0 saturated carbocycles. The van der Waals surface area contributed by atoms with E-state index in [1.54, 1.807) is 0 Å². The van der Waals surface area contributed by atoms with Gasteiger partial charge in [-0.15, -0.1) is 12.4 Å². The SMILES string of the molecule is Cl.NC(N)=NCCCC(N)C(=O)NC(CCCN=C(N)N)C(=O)NC(CCCN=C(N)N)C(=O)O. The van der Waals surface area contributed by atoms with Crippen molar-refractivity contribution in [2.24, 2.45) is 55.1 Å². The van der Waals surface area contributed by atoms with Crippen LogP contribution in [0.4, 0.5) is 0 Å². The standard InChI is InChI=1S/C18H38N12O4.ClH/c19-10(4-1-7-26-16(20)21)13(31)29-11(5-2-8-27-17(22)23)14(32)30-12(15(33)34)6-3-9-28-18(24)25;/h10-12H,1-9,19H2,(H,29,31)(H,30,32)(H,33,34)(H4,20,21,26)(H4,22,23,27)(H4,24,25,28);1H. The highest BCUT2D eigenvalue weighted by Crippen LogP contribution is 2.05. The number of carboxylic acids is 1. The first-order valence-corrected chi connectivity index (χ1v) is 10.7. The van der Waals surface area contributed by atoms with E-state index in [-0.39, 0.29) is 62.6 Å². The van der Waals surface area contributed by atoms with E-state index < -0.39 is 35.9 Å². The minimum Gasteiger partial charge on any atom is -0.480 e. The Morgan fingerprint density at radius 1 is 0.657 bits per heavy atom. The summed E-state index contributed by atoms with van der Waals surface area (Å²) in [5.41, 5.74) is 37.4. The summed E-state index contributed by atoms with van der Waals surface area (Å²) in [6, 6.07) is -3.17. The van der Waals surface area contributed by atoms with E-state index in [1.807, 2.05) is 0 Å². The van der Waals surface area contributed by atoms with Gasteiger partial charge >= 0.3 is 5.97 Å². The number of nitrogens with one attached hydrogen (secondary N) is 2. The number of aliphatic carboxylic acids is 1. The van der Waals surface area contributed by atoms with E-state index in [9.17, 15) is 19.5 Å². The average molecular weight is 523 g/mol. The topological polar surface area (TPSA) is 315 Å². The highest BCUT2D eigenvalue weighted by molar-refractivity contribution is 5.91. The Kier molecular flexibility index (Phi) is 18.1. The highest BCUT2D eigenvalue weighted by Gasteiger charge is 2.27. The largest absolute Gasteiger partial charge is 0.480 e. The molecule has 0 rings (SSSR count). The second-order valence-corrected chi connectivity index (χ2v) is 7.41. The van der Waals surface area contributed by atoms with Crippen molar-refractivity contribution < 1.29 is 19.5 Å². The van der Waals surface area contributed by atoms with Gasteiger partial charge in [0.2, 0.25) is 11.8 Å². The van der Waals surface area contributed by atoms with Crippen LogP contribution in [-0.2, 0) is 14.4 Å². The molecule has 3 unspecified atom stereocenters. The number of hydrogen-bond donors (Lipinski definition) is 10.